The first kappa shape index (κ1) is 13.4. The molecular formula is C14H17F3O. The number of hydrogen-bond donors (Lipinski definition) is 1. The monoisotopic (exact) mass is 258 g/mol. The van der Waals surface area contributed by atoms with Crippen LogP contribution in [0.5, 0.6) is 0 Å². The molecule has 0 heterocycles. The highest BCUT2D eigenvalue weighted by Crippen LogP contribution is 2.40. The van der Waals surface area contributed by atoms with Gasteiger partial charge in [-0.2, -0.15) is 13.2 Å². The maximum absolute atomic E-state index is 13.0. The summed E-state index contributed by atoms with van der Waals surface area (Å²) < 4.78 is 39.1. The molecule has 0 saturated carbocycles. The Kier molecular flexibility index (Phi) is 3.95. The molecule has 2 rings (SSSR count). The van der Waals surface area contributed by atoms with Crippen LogP contribution >= 0.6 is 0 Å². The lowest BCUT2D eigenvalue weighted by Crippen LogP contribution is -2.18. The van der Waals surface area contributed by atoms with Crippen molar-refractivity contribution >= 4 is 0 Å². The van der Waals surface area contributed by atoms with Gasteiger partial charge in [0, 0.05) is 0 Å². The topological polar surface area (TPSA) is 20.2 Å². The molecule has 0 fully saturated rings. The van der Waals surface area contributed by atoms with Crippen molar-refractivity contribution in [3.63, 3.8) is 0 Å². The molecule has 0 aliphatic heterocycles. The van der Waals surface area contributed by atoms with E-state index in [0.717, 1.165) is 37.3 Å². The highest BCUT2D eigenvalue weighted by atomic mass is 19.4. The van der Waals surface area contributed by atoms with E-state index in [1.54, 1.807) is 0 Å². The lowest BCUT2D eigenvalue weighted by Gasteiger charge is -2.25. The second-order valence-electron chi connectivity index (χ2n) is 4.83. The van der Waals surface area contributed by atoms with Gasteiger partial charge in [0.2, 0.25) is 0 Å². The van der Waals surface area contributed by atoms with Crippen molar-refractivity contribution in [2.45, 2.75) is 44.7 Å². The Balaban J connectivity index is 2.41. The molecule has 0 bridgehead atoms. The van der Waals surface area contributed by atoms with Gasteiger partial charge < -0.3 is 5.11 Å². The van der Waals surface area contributed by atoms with Gasteiger partial charge in [0.25, 0.3) is 0 Å². The SMILES string of the molecule is OCC1=CC(C(F)(F)F)=C(C2=CCCCC2)CC1. The molecule has 0 aromatic heterocycles. The molecule has 1 nitrogen and oxygen atoms in total. The van der Waals surface area contributed by atoms with Crippen LogP contribution in [-0.2, 0) is 0 Å². The summed E-state index contributed by atoms with van der Waals surface area (Å²) in [5.74, 6) is 0. The quantitative estimate of drug-likeness (QED) is 0.792. The molecule has 100 valence electrons. The Bertz CT molecular complexity index is 413. The molecule has 0 amide bonds. The zero-order valence-corrected chi connectivity index (χ0v) is 10.2. The Morgan fingerprint density at radius 1 is 1.11 bits per heavy atom. The molecule has 18 heavy (non-hydrogen) atoms. The average molecular weight is 258 g/mol. The lowest BCUT2D eigenvalue weighted by atomic mass is 9.83. The van der Waals surface area contributed by atoms with Crippen LogP contribution in [0.25, 0.3) is 0 Å². The van der Waals surface area contributed by atoms with Gasteiger partial charge in [-0.15, -0.1) is 0 Å². The van der Waals surface area contributed by atoms with Gasteiger partial charge in [-0.05, 0) is 61.3 Å². The van der Waals surface area contributed by atoms with Gasteiger partial charge in [0.15, 0.2) is 0 Å². The number of aliphatic hydroxyl groups excluding tert-OH is 1. The smallest absolute Gasteiger partial charge is 0.392 e. The first-order valence-corrected chi connectivity index (χ1v) is 6.32. The summed E-state index contributed by atoms with van der Waals surface area (Å²) in [6.07, 6.45) is 3.34. The standard InChI is InChI=1S/C14H17F3O/c15-14(16,17)13-8-10(9-18)6-7-12(13)11-4-2-1-3-5-11/h4,8,18H,1-3,5-7,9H2. The van der Waals surface area contributed by atoms with E-state index >= 15 is 0 Å². The third kappa shape index (κ3) is 2.86. The molecule has 0 radical (unpaired) electrons. The Hall–Kier alpha value is -1.03. The van der Waals surface area contributed by atoms with Crippen LogP contribution in [0.3, 0.4) is 0 Å². The highest BCUT2D eigenvalue weighted by Gasteiger charge is 2.37. The summed E-state index contributed by atoms with van der Waals surface area (Å²) in [5, 5.41) is 9.00. The van der Waals surface area contributed by atoms with Crippen molar-refractivity contribution in [2.75, 3.05) is 6.61 Å². The molecule has 0 atom stereocenters. The van der Waals surface area contributed by atoms with E-state index in [2.05, 4.69) is 0 Å². The minimum absolute atomic E-state index is 0.286. The molecule has 2 aliphatic rings. The van der Waals surface area contributed by atoms with Gasteiger partial charge in [-0.25, -0.2) is 0 Å². The van der Waals surface area contributed by atoms with Crippen molar-refractivity contribution in [3.05, 3.63) is 34.4 Å². The zero-order chi connectivity index (χ0) is 13.2. The molecule has 2 aliphatic carbocycles. The Morgan fingerprint density at radius 2 is 1.89 bits per heavy atom. The number of hydrogen-bond acceptors (Lipinski definition) is 1. The summed E-state index contributed by atoms with van der Waals surface area (Å²) in [4.78, 5) is 0. The number of alkyl halides is 3. The van der Waals surface area contributed by atoms with Crippen molar-refractivity contribution in [3.8, 4) is 0 Å². The van der Waals surface area contributed by atoms with Gasteiger partial charge >= 0.3 is 6.18 Å². The van der Waals surface area contributed by atoms with E-state index in [-0.39, 0.29) is 6.61 Å². The van der Waals surface area contributed by atoms with E-state index in [1.165, 1.54) is 0 Å². The van der Waals surface area contributed by atoms with Crippen LogP contribution in [0.2, 0.25) is 0 Å². The number of rotatable bonds is 2. The van der Waals surface area contributed by atoms with Crippen LogP contribution < -0.4 is 0 Å². The first-order chi connectivity index (χ1) is 8.52. The minimum Gasteiger partial charge on any atom is -0.392 e. The lowest BCUT2D eigenvalue weighted by molar-refractivity contribution is -0.0893. The van der Waals surface area contributed by atoms with Crippen LogP contribution in [0.4, 0.5) is 13.2 Å². The fourth-order valence-electron chi connectivity index (χ4n) is 2.61. The molecule has 0 unspecified atom stereocenters. The van der Waals surface area contributed by atoms with E-state index in [0.29, 0.717) is 24.0 Å². The summed E-state index contributed by atoms with van der Waals surface area (Å²) in [5.41, 5.74) is 1.23. The number of halogens is 3. The number of allylic oxidation sites excluding steroid dienone is 5. The van der Waals surface area contributed by atoms with Gasteiger partial charge in [0.1, 0.15) is 0 Å². The Labute approximate surface area is 105 Å². The highest BCUT2D eigenvalue weighted by molar-refractivity contribution is 5.47. The van der Waals surface area contributed by atoms with E-state index in [4.69, 9.17) is 5.11 Å². The molecule has 0 spiro atoms. The van der Waals surface area contributed by atoms with Gasteiger partial charge in [-0.3, -0.25) is 0 Å². The van der Waals surface area contributed by atoms with Crippen LogP contribution in [-0.4, -0.2) is 17.9 Å². The maximum Gasteiger partial charge on any atom is 0.416 e. The van der Waals surface area contributed by atoms with Crippen LogP contribution in [0.1, 0.15) is 38.5 Å². The van der Waals surface area contributed by atoms with E-state index in [9.17, 15) is 13.2 Å². The summed E-state index contributed by atoms with van der Waals surface area (Å²) in [6.45, 7) is -0.286. The van der Waals surface area contributed by atoms with Gasteiger partial charge in [0.05, 0.1) is 12.2 Å². The second-order valence-corrected chi connectivity index (χ2v) is 4.83. The third-order valence-corrected chi connectivity index (χ3v) is 3.56. The minimum atomic E-state index is -4.32. The predicted octanol–water partition coefficient (Wildman–Crippen LogP) is 4.06. The molecule has 0 aromatic rings. The van der Waals surface area contributed by atoms with E-state index in [1.807, 2.05) is 6.08 Å². The fourth-order valence-corrected chi connectivity index (χ4v) is 2.61. The second kappa shape index (κ2) is 5.31. The summed E-state index contributed by atoms with van der Waals surface area (Å²) in [6, 6.07) is 0. The molecule has 0 saturated heterocycles. The zero-order valence-electron chi connectivity index (χ0n) is 10.2. The van der Waals surface area contributed by atoms with Crippen molar-refractivity contribution in [1.29, 1.82) is 0 Å². The summed E-state index contributed by atoms with van der Waals surface area (Å²) in [7, 11) is 0. The summed E-state index contributed by atoms with van der Waals surface area (Å²) >= 11 is 0. The van der Waals surface area contributed by atoms with Crippen LogP contribution in [0, 0.1) is 0 Å². The van der Waals surface area contributed by atoms with Crippen LogP contribution in [0.15, 0.2) is 34.4 Å². The van der Waals surface area contributed by atoms with Crippen molar-refractivity contribution in [1.82, 2.24) is 0 Å². The maximum atomic E-state index is 13.0. The predicted molar refractivity (Wildman–Crippen MR) is 64.0 cm³/mol. The van der Waals surface area contributed by atoms with Gasteiger partial charge in [-0.1, -0.05) is 6.08 Å². The molecular weight excluding hydrogens is 241 g/mol. The Morgan fingerprint density at radius 3 is 2.44 bits per heavy atom. The molecule has 0 aromatic carbocycles. The third-order valence-electron chi connectivity index (χ3n) is 3.56. The number of aliphatic hydroxyl groups is 1. The largest absolute Gasteiger partial charge is 0.416 e. The normalized spacial score (nSPS) is 21.8. The van der Waals surface area contributed by atoms with E-state index < -0.39 is 11.7 Å². The molecule has 4 heteroatoms. The fraction of sp³-hybridized carbons (Fsp3) is 0.571. The van der Waals surface area contributed by atoms with Crippen molar-refractivity contribution in [2.24, 2.45) is 0 Å². The molecule has 1 N–H and O–H groups in total. The van der Waals surface area contributed by atoms with Crippen molar-refractivity contribution < 1.29 is 18.3 Å². The first-order valence-electron chi connectivity index (χ1n) is 6.32. The average Bonchev–Trinajstić information content (AvgIpc) is 2.38.